The van der Waals surface area contributed by atoms with Crippen LogP contribution in [0.1, 0.15) is 20.2 Å². The van der Waals surface area contributed by atoms with Crippen LogP contribution in [0.2, 0.25) is 0 Å². The second-order valence-electron chi connectivity index (χ2n) is 5.53. The van der Waals surface area contributed by atoms with Gasteiger partial charge in [0.05, 0.1) is 27.1 Å². The van der Waals surface area contributed by atoms with E-state index >= 15 is 0 Å². The molecule has 4 rings (SSSR count). The third-order valence-electron chi connectivity index (χ3n) is 3.87. The first-order valence-corrected chi connectivity index (χ1v) is 8.61. The third-order valence-corrected chi connectivity index (χ3v) is 4.95. The number of aryl methyl sites for hydroxylation is 1. The molecule has 0 radical (unpaired) electrons. The molecule has 0 spiro atoms. The molecule has 26 heavy (non-hydrogen) atoms. The number of aromatic nitrogens is 2. The number of furan rings is 1. The number of hydrazine groups is 1. The normalized spacial score (nSPS) is 10.8. The fraction of sp³-hybridized carbons (Fsp3) is 0.0556. The van der Waals surface area contributed by atoms with Crippen molar-refractivity contribution >= 4 is 34.2 Å². The van der Waals surface area contributed by atoms with Crippen molar-refractivity contribution < 1.29 is 14.0 Å². The van der Waals surface area contributed by atoms with Gasteiger partial charge in [0.25, 0.3) is 5.91 Å². The highest BCUT2D eigenvalue weighted by Gasteiger charge is 2.16. The second-order valence-corrected chi connectivity index (χ2v) is 6.62. The lowest BCUT2D eigenvalue weighted by molar-refractivity contribution is 0.0833. The van der Waals surface area contributed by atoms with Crippen molar-refractivity contribution in [3.8, 4) is 10.7 Å². The highest BCUT2D eigenvalue weighted by Crippen LogP contribution is 2.29. The van der Waals surface area contributed by atoms with Crippen LogP contribution in [-0.4, -0.2) is 21.4 Å². The average Bonchev–Trinajstić information content (AvgIpc) is 3.39. The Kier molecular flexibility index (Phi) is 4.02. The number of thiophene rings is 1. The number of fused-ring (bicyclic) bond motifs is 1. The van der Waals surface area contributed by atoms with Crippen molar-refractivity contribution in [2.45, 2.75) is 0 Å². The fourth-order valence-corrected chi connectivity index (χ4v) is 3.52. The van der Waals surface area contributed by atoms with Crippen LogP contribution in [0.25, 0.3) is 21.7 Å². The maximum absolute atomic E-state index is 12.2. The first-order valence-electron chi connectivity index (χ1n) is 7.79. The summed E-state index contributed by atoms with van der Waals surface area (Å²) in [7, 11) is 1.94. The minimum atomic E-state index is -0.518. The van der Waals surface area contributed by atoms with E-state index in [1.807, 2.05) is 41.9 Å². The average molecular weight is 366 g/mol. The summed E-state index contributed by atoms with van der Waals surface area (Å²) in [6, 6.07) is 14.5. The number of para-hydroxylation sites is 2. The highest BCUT2D eigenvalue weighted by molar-refractivity contribution is 7.17. The lowest BCUT2D eigenvalue weighted by Gasteiger charge is -2.04. The van der Waals surface area contributed by atoms with E-state index in [9.17, 15) is 9.59 Å². The van der Waals surface area contributed by atoms with Crippen molar-refractivity contribution in [3.05, 3.63) is 65.4 Å². The van der Waals surface area contributed by atoms with Gasteiger partial charge in [0.15, 0.2) is 11.6 Å². The molecule has 0 fully saturated rings. The second kappa shape index (κ2) is 6.49. The topological polar surface area (TPSA) is 89.2 Å². The number of hydrogen-bond acceptors (Lipinski definition) is 5. The van der Waals surface area contributed by atoms with Gasteiger partial charge in [-0.1, -0.05) is 12.1 Å². The Bertz CT molecular complexity index is 1100. The molecule has 1 aromatic carbocycles. The first kappa shape index (κ1) is 16.1. The smallest absolute Gasteiger partial charge is 0.305 e. The number of carbonyl (C=O) groups is 2. The summed E-state index contributed by atoms with van der Waals surface area (Å²) < 4.78 is 6.95. The van der Waals surface area contributed by atoms with Gasteiger partial charge in [-0.25, -0.2) is 4.98 Å². The monoisotopic (exact) mass is 366 g/mol. The van der Waals surface area contributed by atoms with E-state index in [0.29, 0.717) is 4.88 Å². The van der Waals surface area contributed by atoms with Gasteiger partial charge in [-0.15, -0.1) is 11.3 Å². The van der Waals surface area contributed by atoms with Crippen LogP contribution in [0, 0.1) is 0 Å². The molecule has 8 heteroatoms. The maximum atomic E-state index is 12.2. The Morgan fingerprint density at radius 1 is 1.04 bits per heavy atom. The minimum absolute atomic E-state index is 0.122. The molecule has 2 N–H and O–H groups in total. The van der Waals surface area contributed by atoms with Gasteiger partial charge in [0.1, 0.15) is 0 Å². The van der Waals surface area contributed by atoms with Crippen molar-refractivity contribution in [2.24, 2.45) is 7.05 Å². The molecule has 0 aliphatic carbocycles. The van der Waals surface area contributed by atoms with E-state index in [-0.39, 0.29) is 5.76 Å². The predicted octanol–water partition coefficient (Wildman–Crippen LogP) is 2.97. The van der Waals surface area contributed by atoms with E-state index in [1.165, 1.54) is 23.7 Å². The Morgan fingerprint density at radius 2 is 1.85 bits per heavy atom. The summed E-state index contributed by atoms with van der Waals surface area (Å²) in [5.41, 5.74) is 6.62. The summed E-state index contributed by atoms with van der Waals surface area (Å²) in [5, 5.41) is 0. The number of amides is 2. The molecule has 3 aromatic heterocycles. The Balaban J connectivity index is 1.51. The van der Waals surface area contributed by atoms with Crippen LogP contribution < -0.4 is 10.9 Å². The van der Waals surface area contributed by atoms with E-state index in [4.69, 9.17) is 4.42 Å². The van der Waals surface area contributed by atoms with E-state index in [2.05, 4.69) is 15.8 Å². The number of rotatable bonds is 3. The minimum Gasteiger partial charge on any atom is -0.459 e. The number of imidazole rings is 1. The lowest BCUT2D eigenvalue weighted by Crippen LogP contribution is -2.41. The number of nitrogens with zero attached hydrogens (tertiary/aromatic N) is 2. The van der Waals surface area contributed by atoms with Crippen molar-refractivity contribution in [2.75, 3.05) is 0 Å². The molecule has 0 aliphatic heterocycles. The zero-order chi connectivity index (χ0) is 18.1. The number of carbonyl (C=O) groups excluding carboxylic acids is 2. The molecule has 0 unspecified atom stereocenters. The lowest BCUT2D eigenvalue weighted by atomic mass is 10.3. The first-order chi connectivity index (χ1) is 12.6. The number of benzene rings is 1. The molecule has 0 atom stereocenters. The van der Waals surface area contributed by atoms with Crippen LogP contribution in [0.5, 0.6) is 0 Å². The molecule has 3 heterocycles. The molecule has 0 saturated carbocycles. The number of nitrogens with one attached hydrogen (secondary N) is 2. The quantitative estimate of drug-likeness (QED) is 0.546. The predicted molar refractivity (Wildman–Crippen MR) is 97.7 cm³/mol. The molecular formula is C18H14N4O3S. The molecule has 130 valence electrons. The Hall–Kier alpha value is -3.39. The largest absolute Gasteiger partial charge is 0.459 e. The van der Waals surface area contributed by atoms with Crippen LogP contribution in [0.15, 0.2) is 59.2 Å². The van der Waals surface area contributed by atoms with Crippen LogP contribution in [0.3, 0.4) is 0 Å². The number of hydrogen-bond donors (Lipinski definition) is 2. The summed E-state index contributed by atoms with van der Waals surface area (Å²) in [5.74, 6) is -0.0119. The fourth-order valence-electron chi connectivity index (χ4n) is 2.59. The van der Waals surface area contributed by atoms with E-state index < -0.39 is 11.8 Å². The van der Waals surface area contributed by atoms with Crippen LogP contribution >= 0.6 is 11.3 Å². The van der Waals surface area contributed by atoms with Gasteiger partial charge in [0, 0.05) is 7.05 Å². The zero-order valence-corrected chi connectivity index (χ0v) is 14.5. The van der Waals surface area contributed by atoms with E-state index in [1.54, 1.807) is 12.1 Å². The van der Waals surface area contributed by atoms with Gasteiger partial charge < -0.3 is 8.98 Å². The summed E-state index contributed by atoms with van der Waals surface area (Å²) in [4.78, 5) is 30.0. The van der Waals surface area contributed by atoms with E-state index in [0.717, 1.165) is 21.7 Å². The third kappa shape index (κ3) is 2.86. The zero-order valence-electron chi connectivity index (χ0n) is 13.7. The standard InChI is InChI=1S/C18H14N4O3S/c1-22-12-6-3-2-5-11(12)19-16(22)14-8-9-15(26-14)18(24)21-20-17(23)13-7-4-10-25-13/h2-10H,1H3,(H,20,23)(H,21,24). The van der Waals surface area contributed by atoms with Gasteiger partial charge in [-0.3, -0.25) is 20.4 Å². The van der Waals surface area contributed by atoms with Crippen molar-refractivity contribution in [1.29, 1.82) is 0 Å². The van der Waals surface area contributed by atoms with Crippen LogP contribution in [-0.2, 0) is 7.05 Å². The summed E-state index contributed by atoms with van der Waals surface area (Å²) in [6.45, 7) is 0. The van der Waals surface area contributed by atoms with Crippen molar-refractivity contribution in [1.82, 2.24) is 20.4 Å². The molecule has 4 aromatic rings. The molecule has 2 amide bonds. The van der Waals surface area contributed by atoms with Gasteiger partial charge >= 0.3 is 5.91 Å². The van der Waals surface area contributed by atoms with Gasteiger partial charge in [-0.05, 0) is 36.4 Å². The molecular weight excluding hydrogens is 352 g/mol. The van der Waals surface area contributed by atoms with Crippen LogP contribution in [0.4, 0.5) is 0 Å². The molecule has 0 saturated heterocycles. The van der Waals surface area contributed by atoms with Crippen molar-refractivity contribution in [3.63, 3.8) is 0 Å². The molecule has 7 nitrogen and oxygen atoms in total. The Labute approximate surface area is 152 Å². The highest BCUT2D eigenvalue weighted by atomic mass is 32.1. The van der Waals surface area contributed by atoms with Gasteiger partial charge in [-0.2, -0.15) is 0 Å². The summed E-state index contributed by atoms with van der Waals surface area (Å²) >= 11 is 1.30. The molecule has 0 bridgehead atoms. The summed E-state index contributed by atoms with van der Waals surface area (Å²) in [6.07, 6.45) is 1.39. The maximum Gasteiger partial charge on any atom is 0.305 e. The Morgan fingerprint density at radius 3 is 2.62 bits per heavy atom. The van der Waals surface area contributed by atoms with Gasteiger partial charge in [0.2, 0.25) is 0 Å². The molecule has 0 aliphatic rings. The SMILES string of the molecule is Cn1c(-c2ccc(C(=O)NNC(=O)c3ccco3)s2)nc2ccccc21.